The highest BCUT2D eigenvalue weighted by atomic mass is 31.2. The molecule has 5 heteroatoms. The molecule has 0 spiro atoms. The third-order valence-electron chi connectivity index (χ3n) is 4.66. The minimum atomic E-state index is -2.88. The molecule has 0 heterocycles. The van der Waals surface area contributed by atoms with Crippen molar-refractivity contribution in [3.8, 4) is 0 Å². The van der Waals surface area contributed by atoms with Gasteiger partial charge in [-0.3, -0.25) is 4.57 Å². The van der Waals surface area contributed by atoms with Crippen molar-refractivity contribution >= 4 is 19.7 Å². The first-order chi connectivity index (χ1) is 12.8. The minimum absolute atomic E-state index is 0.604. The van der Waals surface area contributed by atoms with Gasteiger partial charge in [0.15, 0.2) is 0 Å². The van der Waals surface area contributed by atoms with Crippen LogP contribution in [0.15, 0.2) is 61.7 Å². The van der Waals surface area contributed by atoms with E-state index >= 15 is 0 Å². The third-order valence-corrected chi connectivity index (χ3v) is 7.77. The van der Waals surface area contributed by atoms with Gasteiger partial charge in [-0.2, -0.15) is 0 Å². The zero-order valence-corrected chi connectivity index (χ0v) is 17.7. The van der Waals surface area contributed by atoms with E-state index in [0.29, 0.717) is 13.1 Å². The van der Waals surface area contributed by atoms with Crippen LogP contribution in [-0.2, 0) is 17.7 Å². The van der Waals surface area contributed by atoms with Crippen LogP contribution < -0.4 is 0 Å². The van der Waals surface area contributed by atoms with Crippen LogP contribution in [0.2, 0.25) is 0 Å². The summed E-state index contributed by atoms with van der Waals surface area (Å²) in [7, 11) is 4.69. The van der Waals surface area contributed by atoms with Gasteiger partial charge in [-0.05, 0) is 50.4 Å². The van der Waals surface area contributed by atoms with Gasteiger partial charge in [0.05, 0.1) is 0 Å². The topological polar surface area (TPSA) is 26.8 Å². The molecule has 0 N–H and O–H groups in total. The Morgan fingerprint density at radius 2 is 1.07 bits per heavy atom. The maximum atomic E-state index is 13.9. The predicted molar refractivity (Wildman–Crippen MR) is 117 cm³/mol. The van der Waals surface area contributed by atoms with E-state index in [4.69, 9.17) is 0 Å². The molecule has 27 heavy (non-hydrogen) atoms. The summed E-state index contributed by atoms with van der Waals surface area (Å²) in [5.41, 5.74) is 4.40. The van der Waals surface area contributed by atoms with Crippen molar-refractivity contribution in [1.29, 1.82) is 0 Å². The molecule has 144 valence electrons. The second-order valence-electron chi connectivity index (χ2n) is 6.88. The predicted octanol–water partition coefficient (Wildman–Crippen LogP) is 5.21. The average Bonchev–Trinajstić information content (AvgIpc) is 2.68. The molecule has 0 fully saturated rings. The van der Waals surface area contributed by atoms with Crippen molar-refractivity contribution in [3.63, 3.8) is 0 Å². The Kier molecular flexibility index (Phi) is 7.34. The molecular formula is C22H30N3OP. The van der Waals surface area contributed by atoms with Crippen molar-refractivity contribution < 1.29 is 4.57 Å². The van der Waals surface area contributed by atoms with Gasteiger partial charge in [-0.25, -0.2) is 14.0 Å². The van der Waals surface area contributed by atoms with E-state index in [2.05, 4.69) is 37.4 Å². The highest BCUT2D eigenvalue weighted by Gasteiger charge is 2.35. The summed E-state index contributed by atoms with van der Waals surface area (Å²) in [6, 6.07) is 16.3. The second-order valence-corrected chi connectivity index (χ2v) is 10.1. The number of hydrogen-bond acceptors (Lipinski definition) is 1. The summed E-state index contributed by atoms with van der Waals surface area (Å²) >= 11 is 0. The standard InChI is InChI=1S/C22H30N3OP/c1-7-19-9-13-21(14-10-19)17-24(5)27(26,23(3)4)25(6)18-22-15-11-20(8-2)12-16-22/h7-16H,1-2,17-18H2,3-6H3. The van der Waals surface area contributed by atoms with E-state index in [1.165, 1.54) is 0 Å². The largest absolute Gasteiger partial charge is 0.286 e. The monoisotopic (exact) mass is 383 g/mol. The van der Waals surface area contributed by atoms with Crippen molar-refractivity contribution in [3.05, 3.63) is 83.9 Å². The number of rotatable bonds is 9. The van der Waals surface area contributed by atoms with Crippen molar-refractivity contribution in [1.82, 2.24) is 14.0 Å². The van der Waals surface area contributed by atoms with Crippen LogP contribution in [0.1, 0.15) is 22.3 Å². The SMILES string of the molecule is C=Cc1ccc(CN(C)P(=O)(N(C)C)N(C)Cc2ccc(C=C)cc2)cc1. The Labute approximate surface area is 163 Å². The van der Waals surface area contributed by atoms with Gasteiger partial charge in [0.25, 0.3) is 7.59 Å². The third kappa shape index (κ3) is 5.06. The van der Waals surface area contributed by atoms with E-state index < -0.39 is 7.59 Å². The van der Waals surface area contributed by atoms with Gasteiger partial charge in [0, 0.05) is 13.1 Å². The molecule has 0 aliphatic carbocycles. The highest BCUT2D eigenvalue weighted by molar-refractivity contribution is 7.56. The smallest absolute Gasteiger partial charge is 0.270 e. The lowest BCUT2D eigenvalue weighted by molar-refractivity contribution is 0.331. The average molecular weight is 383 g/mol. The van der Waals surface area contributed by atoms with Crippen LogP contribution in [0.3, 0.4) is 0 Å². The molecule has 0 amide bonds. The number of benzene rings is 2. The first kappa shape index (κ1) is 21.3. The number of hydrogen-bond donors (Lipinski definition) is 0. The lowest BCUT2D eigenvalue weighted by atomic mass is 10.1. The highest BCUT2D eigenvalue weighted by Crippen LogP contribution is 2.54. The molecule has 4 nitrogen and oxygen atoms in total. The maximum absolute atomic E-state index is 13.9. The van der Waals surface area contributed by atoms with Gasteiger partial charge in [0.2, 0.25) is 0 Å². The fraction of sp³-hybridized carbons (Fsp3) is 0.273. The zero-order valence-electron chi connectivity index (χ0n) is 16.8. The molecule has 0 aliphatic rings. The molecule has 2 aromatic rings. The van der Waals surface area contributed by atoms with Crippen molar-refractivity contribution in [2.75, 3.05) is 28.2 Å². The summed E-state index contributed by atoms with van der Waals surface area (Å²) in [4.78, 5) is 0. The normalized spacial score (nSPS) is 12.0. The van der Waals surface area contributed by atoms with Crippen LogP contribution >= 0.6 is 7.59 Å². The van der Waals surface area contributed by atoms with Crippen LogP contribution in [-0.4, -0.2) is 42.2 Å². The Morgan fingerprint density at radius 3 is 1.33 bits per heavy atom. The minimum Gasteiger partial charge on any atom is -0.270 e. The van der Waals surface area contributed by atoms with Crippen LogP contribution in [0.5, 0.6) is 0 Å². The molecule has 0 bridgehead atoms. The second kappa shape index (κ2) is 9.29. The Balaban J connectivity index is 2.18. The molecule has 0 aromatic heterocycles. The molecular weight excluding hydrogens is 353 g/mol. The van der Waals surface area contributed by atoms with Crippen LogP contribution in [0, 0.1) is 0 Å². The quantitative estimate of drug-likeness (QED) is 0.556. The lowest BCUT2D eigenvalue weighted by Gasteiger charge is -2.39. The van der Waals surface area contributed by atoms with Gasteiger partial charge >= 0.3 is 0 Å². The van der Waals surface area contributed by atoms with Crippen molar-refractivity contribution in [2.24, 2.45) is 0 Å². The van der Waals surface area contributed by atoms with E-state index in [1.807, 2.05) is 78.6 Å². The molecule has 2 aromatic carbocycles. The zero-order chi connectivity index (χ0) is 20.0. The van der Waals surface area contributed by atoms with Gasteiger partial charge < -0.3 is 0 Å². The molecule has 0 atom stereocenters. The Morgan fingerprint density at radius 1 is 0.741 bits per heavy atom. The van der Waals surface area contributed by atoms with E-state index in [-0.39, 0.29) is 0 Å². The van der Waals surface area contributed by atoms with E-state index in [1.54, 1.807) is 0 Å². The summed E-state index contributed by atoms with van der Waals surface area (Å²) < 4.78 is 19.6. The fourth-order valence-corrected chi connectivity index (χ4v) is 5.54. The molecule has 0 aliphatic heterocycles. The molecule has 0 saturated carbocycles. The van der Waals surface area contributed by atoms with Crippen molar-refractivity contribution in [2.45, 2.75) is 13.1 Å². The fourth-order valence-electron chi connectivity index (χ4n) is 3.10. The molecule has 0 radical (unpaired) electrons. The lowest BCUT2D eigenvalue weighted by Crippen LogP contribution is -2.34. The summed E-state index contributed by atoms with van der Waals surface area (Å²) in [5, 5.41) is 0. The van der Waals surface area contributed by atoms with E-state index in [0.717, 1.165) is 22.3 Å². The van der Waals surface area contributed by atoms with Crippen LogP contribution in [0.4, 0.5) is 0 Å². The molecule has 0 unspecified atom stereocenters. The Hall–Kier alpha value is -1.97. The van der Waals surface area contributed by atoms with Gasteiger partial charge in [0.1, 0.15) is 0 Å². The van der Waals surface area contributed by atoms with Crippen LogP contribution in [0.25, 0.3) is 12.2 Å². The number of nitrogens with zero attached hydrogens (tertiary/aromatic N) is 3. The first-order valence-electron chi connectivity index (χ1n) is 8.95. The maximum Gasteiger partial charge on any atom is 0.286 e. The van der Waals surface area contributed by atoms with Gasteiger partial charge in [-0.15, -0.1) is 0 Å². The van der Waals surface area contributed by atoms with E-state index in [9.17, 15) is 4.57 Å². The first-order valence-corrected chi connectivity index (χ1v) is 10.5. The molecule has 2 rings (SSSR count). The summed E-state index contributed by atoms with van der Waals surface area (Å²) in [6.07, 6.45) is 3.65. The summed E-state index contributed by atoms with van der Waals surface area (Å²) in [6.45, 7) is 8.78. The Bertz CT molecular complexity index is 749. The summed E-state index contributed by atoms with van der Waals surface area (Å²) in [5.74, 6) is 0. The van der Waals surface area contributed by atoms with Gasteiger partial charge in [-0.1, -0.05) is 73.8 Å². The molecule has 0 saturated heterocycles.